The Morgan fingerprint density at radius 3 is 2.28 bits per heavy atom. The fraction of sp³-hybridized carbons (Fsp3) is 0.343. The molecule has 0 aliphatic carbocycles. The van der Waals surface area contributed by atoms with E-state index in [1.165, 1.54) is 0 Å². The van der Waals surface area contributed by atoms with Crippen LogP contribution in [0.15, 0.2) is 78.9 Å². The number of hydrogen-bond donors (Lipinski definition) is 3. The van der Waals surface area contributed by atoms with E-state index in [9.17, 15) is 9.59 Å². The van der Waals surface area contributed by atoms with Gasteiger partial charge in [-0.05, 0) is 73.6 Å². The molecule has 8 nitrogen and oxygen atoms in total. The van der Waals surface area contributed by atoms with Crippen LogP contribution in [0.1, 0.15) is 56.0 Å². The third-order valence-corrected chi connectivity index (χ3v) is 8.07. The molecular weight excluding hydrogens is 536 g/mol. The van der Waals surface area contributed by atoms with E-state index in [4.69, 9.17) is 10.8 Å². The van der Waals surface area contributed by atoms with Crippen molar-refractivity contribution in [2.24, 2.45) is 5.92 Å². The molecule has 1 fully saturated rings. The summed E-state index contributed by atoms with van der Waals surface area (Å²) >= 11 is 0. The van der Waals surface area contributed by atoms with Crippen molar-refractivity contribution in [2.45, 2.75) is 58.8 Å². The van der Waals surface area contributed by atoms with Crippen LogP contribution in [0.3, 0.4) is 0 Å². The number of para-hydroxylation sites is 1. The normalized spacial score (nSPS) is 14.0. The Kier molecular flexibility index (Phi) is 8.85. The molecule has 0 bridgehead atoms. The Balaban J connectivity index is 1.21. The summed E-state index contributed by atoms with van der Waals surface area (Å²) < 4.78 is 1.79. The number of carbonyl (C=O) groups excluding carboxylic acids is 2. The smallest absolute Gasteiger partial charge is 0.324 e. The second-order valence-corrected chi connectivity index (χ2v) is 12.6. The largest absolute Gasteiger partial charge is 0.399 e. The van der Waals surface area contributed by atoms with Crippen LogP contribution < -0.4 is 16.4 Å². The molecule has 2 heterocycles. The second-order valence-electron chi connectivity index (χ2n) is 12.6. The average Bonchev–Trinajstić information content (AvgIpc) is 3.40. The minimum atomic E-state index is -0.316. The number of nitrogens with zero attached hydrogens (tertiary/aromatic N) is 3. The van der Waals surface area contributed by atoms with Gasteiger partial charge in [-0.15, -0.1) is 0 Å². The molecule has 0 saturated carbocycles. The molecule has 4 N–H and O–H groups in total. The number of rotatable bonds is 7. The summed E-state index contributed by atoms with van der Waals surface area (Å²) in [5.41, 5.74) is 12.1. The van der Waals surface area contributed by atoms with Crippen molar-refractivity contribution in [3.05, 3.63) is 101 Å². The van der Waals surface area contributed by atoms with Crippen molar-refractivity contribution in [1.29, 1.82) is 0 Å². The Morgan fingerprint density at radius 1 is 0.930 bits per heavy atom. The molecule has 1 saturated heterocycles. The summed E-state index contributed by atoms with van der Waals surface area (Å²) in [4.78, 5) is 28.1. The summed E-state index contributed by atoms with van der Waals surface area (Å²) in [5, 5.41) is 10.9. The van der Waals surface area contributed by atoms with Crippen molar-refractivity contribution >= 4 is 29.1 Å². The van der Waals surface area contributed by atoms with Gasteiger partial charge in [0.15, 0.2) is 0 Å². The first kappa shape index (κ1) is 29.9. The SMILES string of the molecule is Cc1ccc(-n2nc(C(C)(C)C)cc2NC(=O)Nc2ccccc2CC2CCN(C(=O)Cc3ccc(N)cc3)CC2)cc1. The van der Waals surface area contributed by atoms with E-state index in [0.717, 1.165) is 66.1 Å². The van der Waals surface area contributed by atoms with Gasteiger partial charge in [0.2, 0.25) is 5.91 Å². The molecule has 3 amide bonds. The van der Waals surface area contributed by atoms with E-state index in [1.807, 2.05) is 84.6 Å². The summed E-state index contributed by atoms with van der Waals surface area (Å²) in [6, 6.07) is 25.2. The zero-order valence-corrected chi connectivity index (χ0v) is 25.6. The number of benzene rings is 3. The van der Waals surface area contributed by atoms with Gasteiger partial charge in [-0.3, -0.25) is 10.1 Å². The number of piperidine rings is 1. The first-order valence-corrected chi connectivity index (χ1v) is 15.0. The van der Waals surface area contributed by atoms with Crippen LogP contribution in [0, 0.1) is 12.8 Å². The van der Waals surface area contributed by atoms with Crippen LogP contribution in [0.2, 0.25) is 0 Å². The van der Waals surface area contributed by atoms with Gasteiger partial charge in [-0.25, -0.2) is 9.48 Å². The van der Waals surface area contributed by atoms with Gasteiger partial charge in [0.1, 0.15) is 5.82 Å². The molecule has 0 spiro atoms. The van der Waals surface area contributed by atoms with Gasteiger partial charge in [-0.1, -0.05) is 68.8 Å². The number of hydrogen-bond acceptors (Lipinski definition) is 4. The molecule has 1 aliphatic heterocycles. The van der Waals surface area contributed by atoms with Crippen LogP contribution in [0.4, 0.5) is 22.0 Å². The number of carbonyl (C=O) groups is 2. The highest BCUT2D eigenvalue weighted by Gasteiger charge is 2.25. The number of nitrogen functional groups attached to an aromatic ring is 1. The lowest BCUT2D eigenvalue weighted by molar-refractivity contribution is -0.131. The highest BCUT2D eigenvalue weighted by atomic mass is 16.2. The Hall–Kier alpha value is -4.59. The standard InChI is InChI=1S/C35H42N6O2/c1-24-9-15-29(16-10-24)41-32(23-31(39-41)35(2,3)4)38-34(43)37-30-8-6-5-7-27(30)21-26-17-19-40(20-18-26)33(42)22-25-11-13-28(36)14-12-25/h5-16,23,26H,17-22,36H2,1-4H3,(H2,37,38,43). The van der Waals surface area contributed by atoms with Gasteiger partial charge >= 0.3 is 6.03 Å². The van der Waals surface area contributed by atoms with Crippen LogP contribution in [0.5, 0.6) is 0 Å². The van der Waals surface area contributed by atoms with Crippen LogP contribution in [-0.2, 0) is 23.1 Å². The van der Waals surface area contributed by atoms with Gasteiger partial charge < -0.3 is 16.0 Å². The quantitative estimate of drug-likeness (QED) is 0.212. The molecule has 0 atom stereocenters. The molecule has 4 aromatic rings. The molecule has 43 heavy (non-hydrogen) atoms. The molecule has 0 radical (unpaired) electrons. The molecule has 1 aliphatic rings. The maximum absolute atomic E-state index is 13.3. The number of anilines is 3. The van der Waals surface area contributed by atoms with E-state index in [0.29, 0.717) is 23.8 Å². The van der Waals surface area contributed by atoms with Gasteiger partial charge in [0, 0.05) is 35.9 Å². The van der Waals surface area contributed by atoms with Gasteiger partial charge in [0.25, 0.3) is 0 Å². The summed E-state index contributed by atoms with van der Waals surface area (Å²) in [6.45, 7) is 9.85. The number of likely N-dealkylation sites (tertiary alicyclic amines) is 1. The fourth-order valence-corrected chi connectivity index (χ4v) is 5.43. The molecule has 1 aromatic heterocycles. The highest BCUT2D eigenvalue weighted by Crippen LogP contribution is 2.28. The van der Waals surface area contributed by atoms with E-state index in [-0.39, 0.29) is 17.4 Å². The maximum atomic E-state index is 13.3. The van der Waals surface area contributed by atoms with Crippen molar-refractivity contribution < 1.29 is 9.59 Å². The van der Waals surface area contributed by atoms with Crippen molar-refractivity contribution in [3.8, 4) is 5.69 Å². The summed E-state index contributed by atoms with van der Waals surface area (Å²) in [7, 11) is 0. The summed E-state index contributed by atoms with van der Waals surface area (Å²) in [6.07, 6.45) is 3.09. The predicted molar refractivity (Wildman–Crippen MR) is 174 cm³/mol. The zero-order chi connectivity index (χ0) is 30.6. The number of amides is 3. The third kappa shape index (κ3) is 7.63. The molecule has 3 aromatic carbocycles. The molecular formula is C35H42N6O2. The monoisotopic (exact) mass is 578 g/mol. The number of aromatic nitrogens is 2. The van der Waals surface area contributed by atoms with Crippen LogP contribution in [0.25, 0.3) is 5.69 Å². The molecule has 8 heteroatoms. The van der Waals surface area contributed by atoms with Crippen molar-refractivity contribution in [2.75, 3.05) is 29.5 Å². The topological polar surface area (TPSA) is 105 Å². The number of nitrogens with one attached hydrogen (secondary N) is 2. The number of aryl methyl sites for hydroxylation is 1. The Bertz CT molecular complexity index is 1560. The van der Waals surface area contributed by atoms with E-state index in [2.05, 4.69) is 37.5 Å². The first-order chi connectivity index (χ1) is 20.5. The van der Waals surface area contributed by atoms with E-state index >= 15 is 0 Å². The zero-order valence-electron chi connectivity index (χ0n) is 25.6. The maximum Gasteiger partial charge on any atom is 0.324 e. The highest BCUT2D eigenvalue weighted by molar-refractivity contribution is 6.00. The van der Waals surface area contributed by atoms with Crippen LogP contribution >= 0.6 is 0 Å². The van der Waals surface area contributed by atoms with Gasteiger partial charge in [-0.2, -0.15) is 5.10 Å². The van der Waals surface area contributed by atoms with E-state index in [1.54, 1.807) is 4.68 Å². The fourth-order valence-electron chi connectivity index (χ4n) is 5.43. The van der Waals surface area contributed by atoms with Crippen molar-refractivity contribution in [1.82, 2.24) is 14.7 Å². The minimum absolute atomic E-state index is 0.154. The molecule has 0 unspecified atom stereocenters. The average molecular weight is 579 g/mol. The lowest BCUT2D eigenvalue weighted by Gasteiger charge is -2.32. The Morgan fingerprint density at radius 2 is 1.60 bits per heavy atom. The number of urea groups is 1. The Labute approximate surface area is 254 Å². The lowest BCUT2D eigenvalue weighted by atomic mass is 9.89. The minimum Gasteiger partial charge on any atom is -0.399 e. The summed E-state index contributed by atoms with van der Waals surface area (Å²) in [5.74, 6) is 1.20. The van der Waals surface area contributed by atoms with E-state index < -0.39 is 0 Å². The van der Waals surface area contributed by atoms with Gasteiger partial charge in [0.05, 0.1) is 17.8 Å². The molecule has 224 valence electrons. The van der Waals surface area contributed by atoms with Crippen molar-refractivity contribution in [3.63, 3.8) is 0 Å². The first-order valence-electron chi connectivity index (χ1n) is 15.0. The van der Waals surface area contributed by atoms with Crippen LogP contribution in [-0.4, -0.2) is 39.7 Å². The predicted octanol–water partition coefficient (Wildman–Crippen LogP) is 6.73. The second kappa shape index (κ2) is 12.7. The number of nitrogens with two attached hydrogens (primary N) is 1. The lowest BCUT2D eigenvalue weighted by Crippen LogP contribution is -2.39. The molecule has 5 rings (SSSR count). The third-order valence-electron chi connectivity index (χ3n) is 8.07.